The van der Waals surface area contributed by atoms with Crippen LogP contribution in [-0.2, 0) is 0 Å². The monoisotopic (exact) mass is 352 g/mol. The van der Waals surface area contributed by atoms with Crippen LogP contribution in [-0.4, -0.2) is 0 Å². The van der Waals surface area contributed by atoms with Crippen LogP contribution in [0.1, 0.15) is 96.3 Å². The fourth-order valence-electron chi connectivity index (χ4n) is 2.65. The molecule has 1 radical (unpaired) electrons. The molecule has 0 unspecified atom stereocenters. The molecule has 16 heavy (non-hydrogen) atoms. The second-order valence-corrected chi connectivity index (χ2v) is 5.30. The zero-order valence-electron chi connectivity index (χ0n) is 11.1. The van der Waals surface area contributed by atoms with Gasteiger partial charge in [-0.05, 0) is 0 Å². The fourth-order valence-corrected chi connectivity index (χ4v) is 2.65. The summed E-state index contributed by atoms with van der Waals surface area (Å²) in [5.74, 6) is 0. The van der Waals surface area contributed by atoms with Crippen LogP contribution >= 0.6 is 0 Å². The van der Waals surface area contributed by atoms with Gasteiger partial charge in [0.25, 0.3) is 0 Å². The van der Waals surface area contributed by atoms with E-state index in [0.29, 0.717) is 0 Å². The normalized spacial score (nSPS) is 22.5. The Morgan fingerprint density at radius 3 is 0.312 bits per heavy atom. The molecule has 0 amide bonds. The Morgan fingerprint density at radius 1 is 0.188 bits per heavy atom. The van der Waals surface area contributed by atoms with Gasteiger partial charge in [0.05, 0.1) is 0 Å². The van der Waals surface area contributed by atoms with Gasteiger partial charge in [-0.15, -0.1) is 0 Å². The molecule has 3 rings (SSSR count). The van der Waals surface area contributed by atoms with E-state index in [2.05, 4.69) is 0 Å². The van der Waals surface area contributed by atoms with Gasteiger partial charge < -0.3 is 0 Å². The first kappa shape index (κ1) is 17.4. The maximum absolute atomic E-state index is 1.50. The quantitative estimate of drug-likeness (QED) is 0.512. The minimum absolute atomic E-state index is 0. The second-order valence-electron chi connectivity index (χ2n) is 5.30. The van der Waals surface area contributed by atoms with Gasteiger partial charge in [-0.2, -0.15) is 0 Å². The molecule has 0 aromatic rings. The summed E-state index contributed by atoms with van der Waals surface area (Å²) in [4.78, 5) is 0. The van der Waals surface area contributed by atoms with Crippen molar-refractivity contribution in [2.45, 2.75) is 96.3 Å². The second kappa shape index (κ2) is 14.4. The molecule has 3 saturated carbocycles. The van der Waals surface area contributed by atoms with Crippen molar-refractivity contribution >= 4 is 0 Å². The van der Waals surface area contributed by atoms with Crippen molar-refractivity contribution in [3.8, 4) is 0 Å². The van der Waals surface area contributed by atoms with Crippen LogP contribution in [0.4, 0.5) is 0 Å². The summed E-state index contributed by atoms with van der Waals surface area (Å²) >= 11 is 0. The van der Waals surface area contributed by atoms with Gasteiger partial charge in [0, 0.05) is 0 Å². The number of hydrogen-bond acceptors (Lipinski definition) is 0. The molecular weight excluding hydrogens is 324 g/mol. The van der Waals surface area contributed by atoms with Crippen LogP contribution in [0.2, 0.25) is 0 Å². The van der Waals surface area contributed by atoms with Gasteiger partial charge in [-0.1, -0.05) is 96.3 Å². The van der Waals surface area contributed by atoms with E-state index in [9.17, 15) is 0 Å². The van der Waals surface area contributed by atoms with Crippen LogP contribution in [0.5, 0.6) is 0 Å². The zero-order chi connectivity index (χ0) is 10.6. The molecule has 3 aliphatic rings. The Labute approximate surface area is 136 Å². The molecule has 0 nitrogen and oxygen atoms in total. The van der Waals surface area contributed by atoms with Crippen LogP contribution in [0, 0.1) is 40.8 Å². The molecule has 0 aromatic heterocycles. The van der Waals surface area contributed by atoms with E-state index in [1.54, 1.807) is 0 Å². The molecule has 3 fully saturated rings. The van der Waals surface area contributed by atoms with Crippen molar-refractivity contribution in [3.05, 3.63) is 0 Å². The van der Waals surface area contributed by atoms with E-state index >= 15 is 0 Å². The molecule has 0 atom stereocenters. The van der Waals surface area contributed by atoms with Crippen molar-refractivity contribution in [2.24, 2.45) is 0 Å². The van der Waals surface area contributed by atoms with Crippen LogP contribution in [0.15, 0.2) is 0 Å². The van der Waals surface area contributed by atoms with Crippen LogP contribution in [0.3, 0.4) is 0 Å². The topological polar surface area (TPSA) is 0 Å². The average molecular weight is 355 g/mol. The first-order valence-electron chi connectivity index (χ1n) is 7.50. The smallest absolute Gasteiger partial charge is 0.0533 e. The minimum atomic E-state index is 0. The fraction of sp³-hybridized carbons (Fsp3) is 1.00. The van der Waals surface area contributed by atoms with Crippen LogP contribution < -0.4 is 0 Å². The Balaban J connectivity index is 0.000000205. The standard InChI is InChI=1S/3C5H10.Nd/c3*1-2-4-5-3-1;/h3*1-5H2;/q;;;+3. The maximum atomic E-state index is 1.50. The average Bonchev–Trinajstić information content (AvgIpc) is 3.09. The zero-order valence-corrected chi connectivity index (χ0v) is 14.3. The molecule has 91 valence electrons. The van der Waals surface area contributed by atoms with Crippen molar-refractivity contribution in [2.75, 3.05) is 0 Å². The van der Waals surface area contributed by atoms with E-state index in [4.69, 9.17) is 0 Å². The Morgan fingerprint density at radius 2 is 0.250 bits per heavy atom. The third kappa shape index (κ3) is 11.8. The van der Waals surface area contributed by atoms with Crippen molar-refractivity contribution in [3.63, 3.8) is 0 Å². The van der Waals surface area contributed by atoms with Gasteiger partial charge in [0.15, 0.2) is 0 Å². The molecule has 0 saturated heterocycles. The predicted octanol–water partition coefficient (Wildman–Crippen LogP) is 5.85. The first-order valence-corrected chi connectivity index (χ1v) is 7.50. The molecule has 0 bridgehead atoms. The van der Waals surface area contributed by atoms with Crippen molar-refractivity contribution in [1.82, 2.24) is 0 Å². The largest absolute Gasteiger partial charge is 3.00 e. The first-order chi connectivity index (χ1) is 7.50. The van der Waals surface area contributed by atoms with Gasteiger partial charge in [0.2, 0.25) is 0 Å². The molecule has 3 aliphatic carbocycles. The summed E-state index contributed by atoms with van der Waals surface area (Å²) in [6.07, 6.45) is 22.5. The van der Waals surface area contributed by atoms with Crippen molar-refractivity contribution < 1.29 is 40.8 Å². The molecule has 1 heteroatoms. The predicted molar refractivity (Wildman–Crippen MR) is 69.3 cm³/mol. The van der Waals surface area contributed by atoms with E-state index < -0.39 is 0 Å². The Kier molecular flexibility index (Phi) is 15.6. The summed E-state index contributed by atoms with van der Waals surface area (Å²) in [7, 11) is 0. The van der Waals surface area contributed by atoms with E-state index in [1.165, 1.54) is 96.3 Å². The van der Waals surface area contributed by atoms with Gasteiger partial charge >= 0.3 is 40.8 Å². The summed E-state index contributed by atoms with van der Waals surface area (Å²) in [5.41, 5.74) is 0. The Bertz CT molecular complexity index is 64.0. The maximum Gasteiger partial charge on any atom is 3.00 e. The SMILES string of the molecule is C1CCCC1.C1CCCC1.C1CCCC1.[Nd+3]. The summed E-state index contributed by atoms with van der Waals surface area (Å²) < 4.78 is 0. The van der Waals surface area contributed by atoms with E-state index in [0.717, 1.165) is 0 Å². The summed E-state index contributed by atoms with van der Waals surface area (Å²) in [6, 6.07) is 0. The molecule has 0 heterocycles. The van der Waals surface area contributed by atoms with E-state index in [-0.39, 0.29) is 40.8 Å². The Hall–Kier alpha value is 1.35. The number of rotatable bonds is 0. The molecule has 0 spiro atoms. The van der Waals surface area contributed by atoms with Gasteiger partial charge in [-0.25, -0.2) is 0 Å². The van der Waals surface area contributed by atoms with Crippen LogP contribution in [0.25, 0.3) is 0 Å². The molecular formula is C15H30Nd+3. The summed E-state index contributed by atoms with van der Waals surface area (Å²) in [6.45, 7) is 0. The molecule has 0 aliphatic heterocycles. The minimum Gasteiger partial charge on any atom is -0.0533 e. The third-order valence-corrected chi connectivity index (χ3v) is 3.75. The molecule has 0 aromatic carbocycles. The van der Waals surface area contributed by atoms with Gasteiger partial charge in [-0.3, -0.25) is 0 Å². The van der Waals surface area contributed by atoms with Gasteiger partial charge in [0.1, 0.15) is 0 Å². The van der Waals surface area contributed by atoms with Crippen molar-refractivity contribution in [1.29, 1.82) is 0 Å². The number of hydrogen-bond donors (Lipinski definition) is 0. The summed E-state index contributed by atoms with van der Waals surface area (Å²) in [5, 5.41) is 0. The third-order valence-electron chi connectivity index (χ3n) is 3.75. The van der Waals surface area contributed by atoms with E-state index in [1.807, 2.05) is 0 Å². The molecule has 0 N–H and O–H groups in total.